The van der Waals surface area contributed by atoms with Crippen molar-refractivity contribution in [3.05, 3.63) is 9.81 Å². The molecule has 0 aliphatic rings. The van der Waals surface area contributed by atoms with Crippen LogP contribution in [0, 0.1) is 9.81 Å². The summed E-state index contributed by atoms with van der Waals surface area (Å²) in [4.78, 5) is 23.3. The minimum absolute atomic E-state index is 0.202. The lowest BCUT2D eigenvalue weighted by Gasteiger charge is -2.43. The van der Waals surface area contributed by atoms with Gasteiger partial charge in [0.1, 0.15) is 11.1 Å². The van der Waals surface area contributed by atoms with Gasteiger partial charge in [0.15, 0.2) is 0 Å². The van der Waals surface area contributed by atoms with Crippen molar-refractivity contribution in [2.75, 3.05) is 0 Å². The van der Waals surface area contributed by atoms with Crippen LogP contribution in [0.15, 0.2) is 10.4 Å². The monoisotopic (exact) mass is 320 g/mol. The first kappa shape index (κ1) is 21.0. The van der Waals surface area contributed by atoms with Gasteiger partial charge in [-0.15, -0.1) is 0 Å². The van der Waals surface area contributed by atoms with Gasteiger partial charge in [-0.25, -0.2) is 0 Å². The molecule has 0 amide bonds. The van der Waals surface area contributed by atoms with E-state index in [9.17, 15) is 30.2 Å². The summed E-state index contributed by atoms with van der Waals surface area (Å²) < 4.78 is 0. The molecule has 0 bridgehead atoms. The number of aliphatic hydroxyl groups is 4. The lowest BCUT2D eigenvalue weighted by molar-refractivity contribution is 0.0142. The summed E-state index contributed by atoms with van der Waals surface area (Å²) in [7, 11) is 0. The molecule has 0 fully saturated rings. The third-order valence-corrected chi connectivity index (χ3v) is 3.75. The average molecular weight is 320 g/mol. The topological polar surface area (TPSA) is 140 Å². The van der Waals surface area contributed by atoms with Crippen LogP contribution in [-0.4, -0.2) is 55.9 Å². The van der Waals surface area contributed by atoms with Crippen molar-refractivity contribution in [2.24, 2.45) is 10.4 Å². The van der Waals surface area contributed by atoms with Crippen LogP contribution in [-0.2, 0) is 0 Å². The highest BCUT2D eigenvalue weighted by molar-refractivity contribution is 5.13. The molecule has 130 valence electrons. The molecular weight excluding hydrogens is 292 g/mol. The van der Waals surface area contributed by atoms with E-state index in [0.717, 1.165) is 0 Å². The van der Waals surface area contributed by atoms with E-state index in [0.29, 0.717) is 0 Å². The van der Waals surface area contributed by atoms with Gasteiger partial charge < -0.3 is 20.4 Å². The predicted molar refractivity (Wildman–Crippen MR) is 82.2 cm³/mol. The van der Waals surface area contributed by atoms with Crippen molar-refractivity contribution in [1.29, 1.82) is 0 Å². The van der Waals surface area contributed by atoms with Crippen LogP contribution < -0.4 is 0 Å². The predicted octanol–water partition coefficient (Wildman–Crippen LogP) is 1.08. The third kappa shape index (κ3) is 5.35. The zero-order valence-corrected chi connectivity index (χ0v) is 13.6. The Balaban J connectivity index is 6.07. The van der Waals surface area contributed by atoms with Gasteiger partial charge in [-0.3, -0.25) is 0 Å². The van der Waals surface area contributed by atoms with Gasteiger partial charge in [-0.05, 0) is 27.7 Å². The van der Waals surface area contributed by atoms with Gasteiger partial charge >= 0.3 is 0 Å². The van der Waals surface area contributed by atoms with Gasteiger partial charge in [0.05, 0.1) is 24.4 Å². The Bertz CT molecular complexity index is 303. The van der Waals surface area contributed by atoms with E-state index in [4.69, 9.17) is 0 Å². The maximum atomic E-state index is 11.6. The second-order valence-electron chi connectivity index (χ2n) is 6.46. The van der Waals surface area contributed by atoms with Crippen LogP contribution in [0.2, 0.25) is 0 Å². The Morgan fingerprint density at radius 1 is 0.636 bits per heavy atom. The summed E-state index contributed by atoms with van der Waals surface area (Å²) in [5.74, 6) is 0. The molecule has 0 saturated carbocycles. The van der Waals surface area contributed by atoms with E-state index >= 15 is 0 Å². The second-order valence-corrected chi connectivity index (χ2v) is 6.46. The number of rotatable bonds is 11. The maximum Gasteiger partial charge on any atom is 0.136 e. The first-order chi connectivity index (χ1) is 10.0. The second kappa shape index (κ2) is 8.61. The summed E-state index contributed by atoms with van der Waals surface area (Å²) in [6.07, 6.45) is -4.69. The molecule has 0 aliphatic heterocycles. The van der Waals surface area contributed by atoms with Crippen LogP contribution >= 0.6 is 0 Å². The summed E-state index contributed by atoms with van der Waals surface area (Å²) in [6.45, 7) is 5.73. The average Bonchev–Trinajstić information content (AvgIpc) is 2.34. The molecule has 0 aliphatic carbocycles. The van der Waals surface area contributed by atoms with E-state index in [1.807, 2.05) is 0 Å². The van der Waals surface area contributed by atoms with Crippen LogP contribution in [0.3, 0.4) is 0 Å². The van der Waals surface area contributed by atoms with E-state index in [-0.39, 0.29) is 25.7 Å². The summed E-state index contributed by atoms with van der Waals surface area (Å²) in [6, 6.07) is 0. The quantitative estimate of drug-likeness (QED) is 0.420. The van der Waals surface area contributed by atoms with Crippen LogP contribution in [0.5, 0.6) is 0 Å². The molecule has 22 heavy (non-hydrogen) atoms. The number of hydrogen-bond acceptors (Lipinski definition) is 8. The lowest BCUT2D eigenvalue weighted by Crippen LogP contribution is -2.56. The fourth-order valence-corrected chi connectivity index (χ4v) is 3.20. The van der Waals surface area contributed by atoms with E-state index in [1.54, 1.807) is 0 Å². The molecule has 0 heterocycles. The van der Waals surface area contributed by atoms with Crippen molar-refractivity contribution in [3.8, 4) is 0 Å². The van der Waals surface area contributed by atoms with Gasteiger partial charge in [0.2, 0.25) is 0 Å². The molecule has 0 aromatic rings. The third-order valence-electron chi connectivity index (χ3n) is 3.75. The van der Waals surface area contributed by atoms with Crippen molar-refractivity contribution in [3.63, 3.8) is 0 Å². The summed E-state index contributed by atoms with van der Waals surface area (Å²) in [5, 5.41) is 45.0. The van der Waals surface area contributed by atoms with Gasteiger partial charge in [-0.2, -0.15) is 9.81 Å². The van der Waals surface area contributed by atoms with Gasteiger partial charge in [-0.1, -0.05) is 10.4 Å². The SMILES string of the molecule is CC(O)CC(CC(C)O)(N=O)C(CC(C)O)(CC(C)O)N=O. The molecule has 4 unspecified atom stereocenters. The molecule has 0 radical (unpaired) electrons. The maximum absolute atomic E-state index is 11.6. The minimum atomic E-state index is -1.72. The van der Waals surface area contributed by atoms with Crippen molar-refractivity contribution >= 4 is 0 Å². The largest absolute Gasteiger partial charge is 0.393 e. The van der Waals surface area contributed by atoms with Crippen molar-refractivity contribution in [1.82, 2.24) is 0 Å². The molecule has 0 aromatic carbocycles. The molecule has 0 rings (SSSR count). The van der Waals surface area contributed by atoms with E-state index in [2.05, 4.69) is 10.4 Å². The normalized spacial score (nSPS) is 22.7. The Kier molecular flexibility index (Phi) is 8.24. The molecule has 8 heteroatoms. The molecule has 0 spiro atoms. The lowest BCUT2D eigenvalue weighted by atomic mass is 9.66. The fourth-order valence-electron chi connectivity index (χ4n) is 3.20. The van der Waals surface area contributed by atoms with Gasteiger partial charge in [0, 0.05) is 25.7 Å². The molecule has 0 aromatic heterocycles. The van der Waals surface area contributed by atoms with Crippen LogP contribution in [0.1, 0.15) is 53.4 Å². The fraction of sp³-hybridized carbons (Fsp3) is 1.00. The first-order valence-electron chi connectivity index (χ1n) is 7.45. The summed E-state index contributed by atoms with van der Waals surface area (Å²) in [5.41, 5.74) is -3.43. The van der Waals surface area contributed by atoms with Crippen molar-refractivity contribution < 1.29 is 20.4 Å². The smallest absolute Gasteiger partial charge is 0.136 e. The number of hydrogen-bond donors (Lipinski definition) is 4. The first-order valence-corrected chi connectivity index (χ1v) is 7.45. The Hall–Kier alpha value is -0.960. The molecule has 4 atom stereocenters. The summed E-state index contributed by atoms with van der Waals surface area (Å²) >= 11 is 0. The van der Waals surface area contributed by atoms with Crippen LogP contribution in [0.4, 0.5) is 0 Å². The van der Waals surface area contributed by atoms with Gasteiger partial charge in [0.25, 0.3) is 0 Å². The Morgan fingerprint density at radius 3 is 0.909 bits per heavy atom. The minimum Gasteiger partial charge on any atom is -0.393 e. The molecular formula is C14H28N2O6. The van der Waals surface area contributed by atoms with E-state index < -0.39 is 35.5 Å². The molecule has 0 saturated heterocycles. The number of aliphatic hydroxyl groups excluding tert-OH is 4. The Morgan fingerprint density at radius 2 is 0.818 bits per heavy atom. The van der Waals surface area contributed by atoms with Crippen LogP contribution in [0.25, 0.3) is 0 Å². The zero-order chi connectivity index (χ0) is 17.6. The van der Waals surface area contributed by atoms with E-state index in [1.165, 1.54) is 27.7 Å². The molecule has 8 nitrogen and oxygen atoms in total. The number of nitroso groups, excluding NO2 is 2. The highest BCUT2D eigenvalue weighted by Gasteiger charge is 2.56. The van der Waals surface area contributed by atoms with Crippen molar-refractivity contribution in [2.45, 2.75) is 88.9 Å². The standard InChI is InChI=1S/C14H28N2O6/c1-9(17)5-13(15-21,6-10(2)18)14(16-22,7-11(3)19)8-12(4)20/h9-12,17-20H,5-8H2,1-4H3. The zero-order valence-electron chi connectivity index (χ0n) is 13.6. The molecule has 4 N–H and O–H groups in total. The highest BCUT2D eigenvalue weighted by atomic mass is 16.3. The number of nitrogens with zero attached hydrogens (tertiary/aromatic N) is 2. The highest BCUT2D eigenvalue weighted by Crippen LogP contribution is 2.44. The Labute approximate surface area is 130 Å².